The van der Waals surface area contributed by atoms with Crippen molar-refractivity contribution in [2.75, 3.05) is 0 Å². The molecule has 0 aliphatic carbocycles. The Kier molecular flexibility index (Phi) is 4.11. The summed E-state index contributed by atoms with van der Waals surface area (Å²) in [7, 11) is 0. The van der Waals surface area contributed by atoms with Crippen LogP contribution in [0.25, 0.3) is 22.5 Å². The van der Waals surface area contributed by atoms with Gasteiger partial charge in [-0.15, -0.1) is 0 Å². The maximum atomic E-state index is 13.2. The van der Waals surface area contributed by atoms with Gasteiger partial charge in [-0.05, 0) is 48.7 Å². The van der Waals surface area contributed by atoms with E-state index in [4.69, 9.17) is 21.9 Å². The SMILES string of the molecule is Cc1cc(C)c(-c2onc(C(N)=O)c2-c2ccc(F)cc2)cc1Cl. The van der Waals surface area contributed by atoms with Crippen molar-refractivity contribution >= 4 is 17.5 Å². The van der Waals surface area contributed by atoms with Crippen molar-refractivity contribution in [3.8, 4) is 22.5 Å². The Bertz CT molecular complexity index is 933. The summed E-state index contributed by atoms with van der Waals surface area (Å²) in [5, 5.41) is 4.36. The fraction of sp³-hybridized carbons (Fsp3) is 0.111. The third-order valence-electron chi connectivity index (χ3n) is 3.81. The minimum absolute atomic E-state index is 0.00675. The van der Waals surface area contributed by atoms with Gasteiger partial charge < -0.3 is 10.3 Å². The zero-order valence-corrected chi connectivity index (χ0v) is 13.8. The Morgan fingerprint density at radius 1 is 1.17 bits per heavy atom. The number of halogens is 2. The van der Waals surface area contributed by atoms with Gasteiger partial charge in [0.05, 0.1) is 5.56 Å². The van der Waals surface area contributed by atoms with E-state index in [1.165, 1.54) is 12.1 Å². The van der Waals surface area contributed by atoms with Gasteiger partial charge in [0.2, 0.25) is 0 Å². The molecule has 1 amide bonds. The lowest BCUT2D eigenvalue weighted by molar-refractivity contribution is 0.0992. The standard InChI is InChI=1S/C18H14ClFN2O2/c1-9-7-10(2)14(19)8-13(9)17-15(16(18(21)23)22-24-17)11-3-5-12(20)6-4-11/h3-8H,1-2H3,(H2,21,23). The molecule has 2 aromatic carbocycles. The van der Waals surface area contributed by atoms with Crippen LogP contribution in [0.4, 0.5) is 4.39 Å². The molecule has 122 valence electrons. The molecule has 6 heteroatoms. The first-order valence-corrected chi connectivity index (χ1v) is 7.59. The van der Waals surface area contributed by atoms with Crippen molar-refractivity contribution in [2.24, 2.45) is 5.73 Å². The molecule has 0 unspecified atom stereocenters. The van der Waals surface area contributed by atoms with Gasteiger partial charge in [-0.2, -0.15) is 0 Å². The fourth-order valence-corrected chi connectivity index (χ4v) is 2.76. The molecule has 0 saturated heterocycles. The van der Waals surface area contributed by atoms with E-state index in [2.05, 4.69) is 5.16 Å². The van der Waals surface area contributed by atoms with Crippen LogP contribution >= 0.6 is 11.6 Å². The smallest absolute Gasteiger partial charge is 0.271 e. The average Bonchev–Trinajstić information content (AvgIpc) is 2.96. The van der Waals surface area contributed by atoms with Crippen LogP contribution in [0.3, 0.4) is 0 Å². The number of nitrogens with zero attached hydrogens (tertiary/aromatic N) is 1. The topological polar surface area (TPSA) is 69.1 Å². The summed E-state index contributed by atoms with van der Waals surface area (Å²) in [5.74, 6) is -0.734. The van der Waals surface area contributed by atoms with Crippen molar-refractivity contribution in [3.05, 3.63) is 64.1 Å². The van der Waals surface area contributed by atoms with E-state index in [1.807, 2.05) is 19.9 Å². The number of nitrogens with two attached hydrogens (primary N) is 1. The number of hydrogen-bond acceptors (Lipinski definition) is 3. The minimum atomic E-state index is -0.722. The monoisotopic (exact) mass is 344 g/mol. The number of carbonyl (C=O) groups is 1. The van der Waals surface area contributed by atoms with E-state index in [0.717, 1.165) is 11.1 Å². The summed E-state index contributed by atoms with van der Waals surface area (Å²) < 4.78 is 18.6. The molecule has 2 N–H and O–H groups in total. The number of benzene rings is 2. The van der Waals surface area contributed by atoms with Gasteiger partial charge in [0.15, 0.2) is 11.5 Å². The molecule has 0 radical (unpaired) electrons. The first kappa shape index (κ1) is 16.2. The Labute approximate surface area is 143 Å². The second-order valence-electron chi connectivity index (χ2n) is 5.52. The van der Waals surface area contributed by atoms with Gasteiger partial charge in [-0.3, -0.25) is 4.79 Å². The number of carbonyl (C=O) groups excluding carboxylic acids is 1. The highest BCUT2D eigenvalue weighted by Gasteiger charge is 2.24. The van der Waals surface area contributed by atoms with E-state index in [1.54, 1.807) is 18.2 Å². The highest BCUT2D eigenvalue weighted by molar-refractivity contribution is 6.31. The average molecular weight is 345 g/mol. The van der Waals surface area contributed by atoms with E-state index in [0.29, 0.717) is 27.5 Å². The molecule has 0 fully saturated rings. The molecule has 3 rings (SSSR count). The van der Waals surface area contributed by atoms with Crippen molar-refractivity contribution in [3.63, 3.8) is 0 Å². The third-order valence-corrected chi connectivity index (χ3v) is 4.22. The number of primary amides is 1. The molecule has 0 atom stereocenters. The number of aryl methyl sites for hydroxylation is 2. The second-order valence-corrected chi connectivity index (χ2v) is 5.93. The lowest BCUT2D eigenvalue weighted by Gasteiger charge is -2.08. The van der Waals surface area contributed by atoms with Crippen LogP contribution in [-0.2, 0) is 0 Å². The van der Waals surface area contributed by atoms with Gasteiger partial charge in [0, 0.05) is 10.6 Å². The lowest BCUT2D eigenvalue weighted by Crippen LogP contribution is -2.12. The molecule has 0 bridgehead atoms. The first-order valence-electron chi connectivity index (χ1n) is 7.21. The van der Waals surface area contributed by atoms with Crippen LogP contribution < -0.4 is 5.73 Å². The molecule has 0 aliphatic heterocycles. The highest BCUT2D eigenvalue weighted by atomic mass is 35.5. The molecule has 0 aliphatic rings. The van der Waals surface area contributed by atoms with Gasteiger partial charge in [0.1, 0.15) is 5.82 Å². The number of aromatic nitrogens is 1. The van der Waals surface area contributed by atoms with Crippen LogP contribution in [0.1, 0.15) is 21.6 Å². The van der Waals surface area contributed by atoms with Crippen molar-refractivity contribution < 1.29 is 13.7 Å². The first-order chi connectivity index (χ1) is 11.4. The summed E-state index contributed by atoms with van der Waals surface area (Å²) in [6, 6.07) is 9.35. The Morgan fingerprint density at radius 2 is 1.83 bits per heavy atom. The normalized spacial score (nSPS) is 10.8. The van der Waals surface area contributed by atoms with Crippen LogP contribution in [0.15, 0.2) is 40.9 Å². The van der Waals surface area contributed by atoms with Crippen LogP contribution in [0.5, 0.6) is 0 Å². The molecular weight excluding hydrogens is 331 g/mol. The number of amides is 1. The molecule has 0 saturated carbocycles. The van der Waals surface area contributed by atoms with Crippen LogP contribution in [-0.4, -0.2) is 11.1 Å². The second kappa shape index (κ2) is 6.09. The van der Waals surface area contributed by atoms with E-state index in [-0.39, 0.29) is 11.5 Å². The molecule has 4 nitrogen and oxygen atoms in total. The molecule has 3 aromatic rings. The third kappa shape index (κ3) is 2.78. The Balaban J connectivity index is 2.28. The summed E-state index contributed by atoms with van der Waals surface area (Å²) in [6.07, 6.45) is 0. The lowest BCUT2D eigenvalue weighted by atomic mass is 9.96. The molecule has 24 heavy (non-hydrogen) atoms. The summed E-state index contributed by atoms with van der Waals surface area (Å²) in [5.41, 5.74) is 8.94. The predicted octanol–water partition coefficient (Wildman–Crippen LogP) is 4.52. The van der Waals surface area contributed by atoms with Gasteiger partial charge >= 0.3 is 0 Å². The van der Waals surface area contributed by atoms with E-state index < -0.39 is 5.91 Å². The Morgan fingerprint density at radius 3 is 2.46 bits per heavy atom. The summed E-state index contributed by atoms with van der Waals surface area (Å²) in [4.78, 5) is 11.7. The van der Waals surface area contributed by atoms with Crippen molar-refractivity contribution in [1.29, 1.82) is 0 Å². The molecule has 1 heterocycles. The maximum absolute atomic E-state index is 13.2. The van der Waals surface area contributed by atoms with E-state index >= 15 is 0 Å². The molecule has 1 aromatic heterocycles. The Hall–Kier alpha value is -2.66. The van der Waals surface area contributed by atoms with E-state index in [9.17, 15) is 9.18 Å². The van der Waals surface area contributed by atoms with Crippen LogP contribution in [0, 0.1) is 19.7 Å². The van der Waals surface area contributed by atoms with Gasteiger partial charge in [0.25, 0.3) is 5.91 Å². The summed E-state index contributed by atoms with van der Waals surface area (Å²) in [6.45, 7) is 3.80. The molecule has 0 spiro atoms. The fourth-order valence-electron chi connectivity index (χ4n) is 2.60. The highest BCUT2D eigenvalue weighted by Crippen LogP contribution is 2.38. The summed E-state index contributed by atoms with van der Waals surface area (Å²) >= 11 is 6.22. The number of rotatable bonds is 3. The molecular formula is C18H14ClFN2O2. The number of hydrogen-bond donors (Lipinski definition) is 1. The van der Waals surface area contributed by atoms with Crippen LogP contribution in [0.2, 0.25) is 5.02 Å². The van der Waals surface area contributed by atoms with Crippen molar-refractivity contribution in [2.45, 2.75) is 13.8 Å². The van der Waals surface area contributed by atoms with Crippen molar-refractivity contribution in [1.82, 2.24) is 5.16 Å². The quantitative estimate of drug-likeness (QED) is 0.759. The largest absolute Gasteiger partial charge is 0.364 e. The maximum Gasteiger partial charge on any atom is 0.271 e. The minimum Gasteiger partial charge on any atom is -0.364 e. The van der Waals surface area contributed by atoms with Gasteiger partial charge in [-0.25, -0.2) is 4.39 Å². The zero-order chi connectivity index (χ0) is 17.4. The zero-order valence-electron chi connectivity index (χ0n) is 13.1. The van der Waals surface area contributed by atoms with Gasteiger partial charge in [-0.1, -0.05) is 35.0 Å². The predicted molar refractivity (Wildman–Crippen MR) is 90.3 cm³/mol.